The summed E-state index contributed by atoms with van der Waals surface area (Å²) in [7, 11) is 3.06. The number of methoxy groups -OCH3 is 2. The zero-order valence-electron chi connectivity index (χ0n) is 16.3. The molecular formula is C21H25NO6. The SMILES string of the molecule is CCCCOC(=O)c1ccc(OCC(=O)Nc2ccc(OC)cc2OC)cc1. The molecule has 0 radical (unpaired) electrons. The number of hydrogen-bond donors (Lipinski definition) is 1. The largest absolute Gasteiger partial charge is 0.497 e. The predicted molar refractivity (Wildman–Crippen MR) is 105 cm³/mol. The van der Waals surface area contributed by atoms with Crippen LogP contribution in [0.2, 0.25) is 0 Å². The molecule has 2 aromatic rings. The van der Waals surface area contributed by atoms with Gasteiger partial charge in [0, 0.05) is 6.07 Å². The number of carbonyl (C=O) groups excluding carboxylic acids is 2. The number of ether oxygens (including phenoxy) is 4. The Morgan fingerprint density at radius 3 is 2.32 bits per heavy atom. The summed E-state index contributed by atoms with van der Waals surface area (Å²) in [4.78, 5) is 24.0. The van der Waals surface area contributed by atoms with Gasteiger partial charge in [0.2, 0.25) is 0 Å². The van der Waals surface area contributed by atoms with Crippen LogP contribution in [-0.4, -0.2) is 39.3 Å². The summed E-state index contributed by atoms with van der Waals surface area (Å²) in [6.07, 6.45) is 1.80. The molecule has 2 rings (SSSR count). The lowest BCUT2D eigenvalue weighted by Gasteiger charge is -2.12. The van der Waals surface area contributed by atoms with Crippen molar-refractivity contribution in [3.8, 4) is 17.2 Å². The van der Waals surface area contributed by atoms with Gasteiger partial charge in [0.1, 0.15) is 17.2 Å². The fraction of sp³-hybridized carbons (Fsp3) is 0.333. The van der Waals surface area contributed by atoms with E-state index in [1.807, 2.05) is 6.92 Å². The normalized spacial score (nSPS) is 10.1. The molecule has 0 aliphatic carbocycles. The summed E-state index contributed by atoms with van der Waals surface area (Å²) in [6.45, 7) is 2.25. The van der Waals surface area contributed by atoms with Crippen LogP contribution in [0.1, 0.15) is 30.1 Å². The van der Waals surface area contributed by atoms with E-state index in [1.165, 1.54) is 7.11 Å². The first kappa shape index (κ1) is 21.1. The van der Waals surface area contributed by atoms with Crippen molar-refractivity contribution in [1.29, 1.82) is 0 Å². The van der Waals surface area contributed by atoms with Crippen LogP contribution in [0.15, 0.2) is 42.5 Å². The van der Waals surface area contributed by atoms with Crippen molar-refractivity contribution in [3.05, 3.63) is 48.0 Å². The number of anilines is 1. The first-order valence-corrected chi connectivity index (χ1v) is 8.99. The monoisotopic (exact) mass is 387 g/mol. The van der Waals surface area contributed by atoms with Crippen LogP contribution in [0, 0.1) is 0 Å². The van der Waals surface area contributed by atoms with Crippen LogP contribution in [0.4, 0.5) is 5.69 Å². The fourth-order valence-corrected chi connectivity index (χ4v) is 2.32. The molecule has 7 heteroatoms. The second-order valence-corrected chi connectivity index (χ2v) is 5.92. The first-order valence-electron chi connectivity index (χ1n) is 8.99. The number of esters is 1. The van der Waals surface area contributed by atoms with E-state index in [0.717, 1.165) is 12.8 Å². The highest BCUT2D eigenvalue weighted by molar-refractivity contribution is 5.93. The van der Waals surface area contributed by atoms with Crippen LogP contribution >= 0.6 is 0 Å². The van der Waals surface area contributed by atoms with Gasteiger partial charge in [-0.2, -0.15) is 0 Å². The molecule has 0 fully saturated rings. The Morgan fingerprint density at radius 1 is 0.964 bits per heavy atom. The number of hydrogen-bond acceptors (Lipinski definition) is 6. The van der Waals surface area contributed by atoms with Crippen molar-refractivity contribution in [2.24, 2.45) is 0 Å². The van der Waals surface area contributed by atoms with Gasteiger partial charge in [-0.05, 0) is 42.8 Å². The standard InChI is InChI=1S/C21H25NO6/c1-4-5-12-27-21(24)15-6-8-16(9-7-15)28-14-20(23)22-18-11-10-17(25-2)13-19(18)26-3/h6-11,13H,4-5,12,14H2,1-3H3,(H,22,23). The van der Waals surface area contributed by atoms with E-state index in [2.05, 4.69) is 5.32 Å². The molecule has 1 N–H and O–H groups in total. The molecule has 0 heterocycles. The van der Waals surface area contributed by atoms with E-state index >= 15 is 0 Å². The average molecular weight is 387 g/mol. The molecule has 0 aliphatic rings. The van der Waals surface area contributed by atoms with Crippen LogP contribution in [0.25, 0.3) is 0 Å². The lowest BCUT2D eigenvalue weighted by atomic mass is 10.2. The molecule has 0 saturated carbocycles. The summed E-state index contributed by atoms with van der Waals surface area (Å²) in [5, 5.41) is 2.72. The lowest BCUT2D eigenvalue weighted by Crippen LogP contribution is -2.20. The van der Waals surface area contributed by atoms with E-state index in [4.69, 9.17) is 18.9 Å². The van der Waals surface area contributed by atoms with Crippen LogP contribution in [-0.2, 0) is 9.53 Å². The van der Waals surface area contributed by atoms with Gasteiger partial charge in [0.05, 0.1) is 32.1 Å². The first-order chi connectivity index (χ1) is 13.6. The highest BCUT2D eigenvalue weighted by Crippen LogP contribution is 2.28. The number of rotatable bonds is 10. The van der Waals surface area contributed by atoms with Crippen molar-refractivity contribution < 1.29 is 28.5 Å². The van der Waals surface area contributed by atoms with Gasteiger partial charge in [0.25, 0.3) is 5.91 Å². The molecular weight excluding hydrogens is 362 g/mol. The Labute approximate surface area is 164 Å². The molecule has 150 valence electrons. The molecule has 0 aliphatic heterocycles. The summed E-state index contributed by atoms with van der Waals surface area (Å²) < 4.78 is 21.0. The van der Waals surface area contributed by atoms with Crippen molar-refractivity contribution in [2.45, 2.75) is 19.8 Å². The Hall–Kier alpha value is -3.22. The van der Waals surface area contributed by atoms with Gasteiger partial charge < -0.3 is 24.3 Å². The molecule has 0 spiro atoms. The van der Waals surface area contributed by atoms with Gasteiger partial charge in [0.15, 0.2) is 6.61 Å². The summed E-state index contributed by atoms with van der Waals surface area (Å²) >= 11 is 0. The summed E-state index contributed by atoms with van der Waals surface area (Å²) in [5.74, 6) is 0.871. The Balaban J connectivity index is 1.86. The average Bonchev–Trinajstić information content (AvgIpc) is 2.73. The minimum absolute atomic E-state index is 0.185. The van der Waals surface area contributed by atoms with Gasteiger partial charge in [-0.15, -0.1) is 0 Å². The highest BCUT2D eigenvalue weighted by atomic mass is 16.5. The summed E-state index contributed by atoms with van der Waals surface area (Å²) in [6, 6.07) is 11.5. The van der Waals surface area contributed by atoms with Crippen LogP contribution in [0.5, 0.6) is 17.2 Å². The number of benzene rings is 2. The van der Waals surface area contributed by atoms with Gasteiger partial charge in [-0.3, -0.25) is 4.79 Å². The third kappa shape index (κ3) is 6.19. The van der Waals surface area contributed by atoms with E-state index in [1.54, 1.807) is 49.6 Å². The number of carbonyl (C=O) groups is 2. The Bertz CT molecular complexity index is 788. The Kier molecular flexibility index (Phi) is 8.14. The van der Waals surface area contributed by atoms with Crippen molar-refractivity contribution >= 4 is 17.6 Å². The predicted octanol–water partition coefficient (Wildman–Crippen LogP) is 3.68. The third-order valence-electron chi connectivity index (χ3n) is 3.87. The quantitative estimate of drug-likeness (QED) is 0.495. The van der Waals surface area contributed by atoms with E-state index in [9.17, 15) is 9.59 Å². The molecule has 2 aromatic carbocycles. The van der Waals surface area contributed by atoms with E-state index in [-0.39, 0.29) is 18.5 Å². The van der Waals surface area contributed by atoms with Gasteiger partial charge in [-0.25, -0.2) is 4.79 Å². The molecule has 1 amide bonds. The number of nitrogens with one attached hydrogen (secondary N) is 1. The molecule has 0 saturated heterocycles. The van der Waals surface area contributed by atoms with Crippen molar-refractivity contribution in [1.82, 2.24) is 0 Å². The van der Waals surface area contributed by atoms with Gasteiger partial charge >= 0.3 is 5.97 Å². The van der Waals surface area contributed by atoms with Crippen LogP contribution in [0.3, 0.4) is 0 Å². The van der Waals surface area contributed by atoms with Crippen molar-refractivity contribution in [2.75, 3.05) is 32.8 Å². The maximum absolute atomic E-state index is 12.1. The zero-order valence-corrected chi connectivity index (χ0v) is 16.3. The zero-order chi connectivity index (χ0) is 20.4. The third-order valence-corrected chi connectivity index (χ3v) is 3.87. The maximum atomic E-state index is 12.1. The molecule has 0 unspecified atom stereocenters. The van der Waals surface area contributed by atoms with E-state index in [0.29, 0.717) is 35.1 Å². The maximum Gasteiger partial charge on any atom is 0.338 e. The van der Waals surface area contributed by atoms with Gasteiger partial charge in [-0.1, -0.05) is 13.3 Å². The molecule has 0 atom stereocenters. The fourth-order valence-electron chi connectivity index (χ4n) is 2.32. The van der Waals surface area contributed by atoms with Crippen molar-refractivity contribution in [3.63, 3.8) is 0 Å². The topological polar surface area (TPSA) is 83.1 Å². The highest BCUT2D eigenvalue weighted by Gasteiger charge is 2.11. The second-order valence-electron chi connectivity index (χ2n) is 5.92. The Morgan fingerprint density at radius 2 is 1.68 bits per heavy atom. The second kappa shape index (κ2) is 10.8. The molecule has 0 aromatic heterocycles. The minimum Gasteiger partial charge on any atom is -0.497 e. The molecule has 7 nitrogen and oxygen atoms in total. The smallest absolute Gasteiger partial charge is 0.338 e. The number of amides is 1. The molecule has 0 bridgehead atoms. The summed E-state index contributed by atoms with van der Waals surface area (Å²) in [5.41, 5.74) is 0.956. The minimum atomic E-state index is -0.371. The van der Waals surface area contributed by atoms with Crippen LogP contribution < -0.4 is 19.5 Å². The van der Waals surface area contributed by atoms with E-state index < -0.39 is 0 Å². The molecule has 28 heavy (non-hydrogen) atoms. The lowest BCUT2D eigenvalue weighted by molar-refractivity contribution is -0.118. The number of unbranched alkanes of at least 4 members (excludes halogenated alkanes) is 1.